The molecule has 2 N–H and O–H groups in total. The molecule has 3 rings (SSSR count). The van der Waals surface area contributed by atoms with E-state index >= 15 is 0 Å². The Morgan fingerprint density at radius 3 is 1.70 bits per heavy atom. The van der Waals surface area contributed by atoms with Crippen molar-refractivity contribution < 1.29 is 29.4 Å². The molecule has 1 saturated heterocycles. The zero-order chi connectivity index (χ0) is 16.7. The van der Waals surface area contributed by atoms with Crippen LogP contribution in [0.4, 0.5) is 5.69 Å². The third kappa shape index (κ3) is 2.48. The Morgan fingerprint density at radius 1 is 0.870 bits per heavy atom. The molecule has 1 aliphatic carbocycles. The number of nitrogens with zero attached hydrogens (tertiary/aromatic N) is 1. The summed E-state index contributed by atoms with van der Waals surface area (Å²) in [5.74, 6) is -4.11. The van der Waals surface area contributed by atoms with Gasteiger partial charge < -0.3 is 10.2 Å². The molecular formula is C16H15NO6. The highest BCUT2D eigenvalue weighted by Gasteiger charge is 2.48. The van der Waals surface area contributed by atoms with Gasteiger partial charge in [0, 0.05) is 0 Å². The number of benzene rings is 1. The van der Waals surface area contributed by atoms with Crippen molar-refractivity contribution in [1.82, 2.24) is 0 Å². The van der Waals surface area contributed by atoms with Crippen LogP contribution in [0.25, 0.3) is 0 Å². The molecule has 0 bridgehead atoms. The predicted octanol–water partition coefficient (Wildman–Crippen LogP) is 1.76. The van der Waals surface area contributed by atoms with Crippen LogP contribution in [-0.2, 0) is 9.59 Å². The highest BCUT2D eigenvalue weighted by molar-refractivity contribution is 6.22. The molecule has 7 heteroatoms. The minimum absolute atomic E-state index is 0.0201. The van der Waals surface area contributed by atoms with Gasteiger partial charge >= 0.3 is 11.9 Å². The molecule has 120 valence electrons. The Morgan fingerprint density at radius 2 is 1.30 bits per heavy atom. The number of aromatic carboxylic acids is 2. The SMILES string of the molecule is O=C(O)c1cc(C(=O)O)cc(N2C(=O)C3CCCCC3C2=O)c1. The Kier molecular flexibility index (Phi) is 3.63. The van der Waals surface area contributed by atoms with E-state index in [4.69, 9.17) is 10.2 Å². The average Bonchev–Trinajstić information content (AvgIpc) is 2.79. The van der Waals surface area contributed by atoms with E-state index < -0.39 is 11.9 Å². The second kappa shape index (κ2) is 5.49. The first kappa shape index (κ1) is 15.2. The Balaban J connectivity index is 2.07. The fourth-order valence-electron chi connectivity index (χ4n) is 3.40. The van der Waals surface area contributed by atoms with Crippen LogP contribution < -0.4 is 4.90 Å². The maximum atomic E-state index is 12.5. The summed E-state index contributed by atoms with van der Waals surface area (Å²) < 4.78 is 0. The lowest BCUT2D eigenvalue weighted by Crippen LogP contribution is -2.31. The number of hydrogen-bond acceptors (Lipinski definition) is 4. The molecule has 2 atom stereocenters. The molecule has 0 radical (unpaired) electrons. The van der Waals surface area contributed by atoms with Gasteiger partial charge in [-0.2, -0.15) is 0 Å². The summed E-state index contributed by atoms with van der Waals surface area (Å²) in [4.78, 5) is 48.4. The topological polar surface area (TPSA) is 112 Å². The van der Waals surface area contributed by atoms with Gasteiger partial charge in [0.05, 0.1) is 28.7 Å². The van der Waals surface area contributed by atoms with Gasteiger partial charge in [0.25, 0.3) is 0 Å². The van der Waals surface area contributed by atoms with Crippen molar-refractivity contribution >= 4 is 29.4 Å². The number of carboxylic acid groups (broad SMARTS) is 2. The molecule has 2 aliphatic rings. The summed E-state index contributed by atoms with van der Waals surface area (Å²) in [6.07, 6.45) is 3.03. The third-order valence-electron chi connectivity index (χ3n) is 4.51. The predicted molar refractivity (Wildman–Crippen MR) is 78.3 cm³/mol. The van der Waals surface area contributed by atoms with Crippen molar-refractivity contribution in [2.24, 2.45) is 11.8 Å². The van der Waals surface area contributed by atoms with Gasteiger partial charge in [0.1, 0.15) is 0 Å². The highest BCUT2D eigenvalue weighted by Crippen LogP contribution is 2.40. The van der Waals surface area contributed by atoms with Gasteiger partial charge in [-0.3, -0.25) is 14.5 Å². The Labute approximate surface area is 131 Å². The lowest BCUT2D eigenvalue weighted by Gasteiger charge is -2.19. The molecule has 2 amide bonds. The average molecular weight is 317 g/mol. The second-order valence-corrected chi connectivity index (χ2v) is 5.89. The summed E-state index contributed by atoms with van der Waals surface area (Å²) in [5, 5.41) is 18.2. The van der Waals surface area contributed by atoms with Crippen molar-refractivity contribution in [2.45, 2.75) is 25.7 Å². The first-order valence-corrected chi connectivity index (χ1v) is 7.39. The quantitative estimate of drug-likeness (QED) is 0.822. The zero-order valence-corrected chi connectivity index (χ0v) is 12.2. The van der Waals surface area contributed by atoms with E-state index in [1.54, 1.807) is 0 Å². The summed E-state index contributed by atoms with van der Waals surface area (Å²) in [6, 6.07) is 3.34. The smallest absolute Gasteiger partial charge is 0.335 e. The van der Waals surface area contributed by atoms with Crippen LogP contribution >= 0.6 is 0 Å². The number of fused-ring (bicyclic) bond motifs is 1. The molecule has 0 spiro atoms. The minimum atomic E-state index is -1.31. The standard InChI is InChI=1S/C16H15NO6/c18-13-11-3-1-2-4-12(11)14(19)17(13)10-6-8(15(20)21)5-9(7-10)16(22)23/h5-7,11-12H,1-4H2,(H,20,21)(H,22,23). The van der Waals surface area contributed by atoms with Crippen LogP contribution in [0.3, 0.4) is 0 Å². The van der Waals surface area contributed by atoms with E-state index in [0.29, 0.717) is 12.8 Å². The van der Waals surface area contributed by atoms with Crippen LogP contribution in [0.5, 0.6) is 0 Å². The van der Waals surface area contributed by atoms with Crippen LogP contribution in [-0.4, -0.2) is 34.0 Å². The molecule has 23 heavy (non-hydrogen) atoms. The van der Waals surface area contributed by atoms with Gasteiger partial charge in [0.2, 0.25) is 11.8 Å². The summed E-state index contributed by atoms with van der Waals surface area (Å²) in [7, 11) is 0. The monoisotopic (exact) mass is 317 g/mol. The molecule has 1 heterocycles. The molecule has 0 aromatic heterocycles. The number of carboxylic acids is 2. The Bertz CT molecular complexity index is 669. The number of carbonyl (C=O) groups excluding carboxylic acids is 2. The number of hydrogen-bond donors (Lipinski definition) is 2. The van der Waals surface area contributed by atoms with Crippen molar-refractivity contribution in [3.63, 3.8) is 0 Å². The van der Waals surface area contributed by atoms with Gasteiger partial charge in [-0.05, 0) is 31.0 Å². The van der Waals surface area contributed by atoms with Gasteiger partial charge in [-0.15, -0.1) is 0 Å². The van der Waals surface area contributed by atoms with Crippen LogP contribution in [0.1, 0.15) is 46.4 Å². The van der Waals surface area contributed by atoms with E-state index in [1.165, 1.54) is 12.1 Å². The normalized spacial score (nSPS) is 23.7. The fourth-order valence-corrected chi connectivity index (χ4v) is 3.40. The number of amides is 2. The summed E-state index contributed by atoms with van der Waals surface area (Å²) in [5.41, 5.74) is -0.516. The molecule has 2 unspecified atom stereocenters. The number of imide groups is 1. The molecular weight excluding hydrogens is 302 g/mol. The van der Waals surface area contributed by atoms with E-state index in [0.717, 1.165) is 23.8 Å². The van der Waals surface area contributed by atoms with Gasteiger partial charge in [-0.1, -0.05) is 12.8 Å². The molecule has 1 aromatic rings. The lowest BCUT2D eigenvalue weighted by atomic mass is 9.81. The summed E-state index contributed by atoms with van der Waals surface area (Å²) in [6.45, 7) is 0. The zero-order valence-electron chi connectivity index (χ0n) is 12.2. The first-order chi connectivity index (χ1) is 10.9. The van der Waals surface area contributed by atoms with E-state index in [2.05, 4.69) is 0 Å². The summed E-state index contributed by atoms with van der Waals surface area (Å²) >= 11 is 0. The van der Waals surface area contributed by atoms with E-state index in [1.807, 2.05) is 0 Å². The van der Waals surface area contributed by atoms with Crippen LogP contribution in [0, 0.1) is 11.8 Å². The van der Waals surface area contributed by atoms with Crippen molar-refractivity contribution in [3.05, 3.63) is 29.3 Å². The maximum absolute atomic E-state index is 12.5. The molecule has 7 nitrogen and oxygen atoms in total. The number of anilines is 1. The van der Waals surface area contributed by atoms with Crippen LogP contribution in [0.2, 0.25) is 0 Å². The number of rotatable bonds is 3. The van der Waals surface area contributed by atoms with Gasteiger partial charge in [-0.25, -0.2) is 9.59 Å². The van der Waals surface area contributed by atoms with E-state index in [-0.39, 0.29) is 40.5 Å². The molecule has 1 aromatic carbocycles. The minimum Gasteiger partial charge on any atom is -0.478 e. The second-order valence-electron chi connectivity index (χ2n) is 5.89. The Hall–Kier alpha value is -2.70. The number of carbonyl (C=O) groups is 4. The maximum Gasteiger partial charge on any atom is 0.335 e. The van der Waals surface area contributed by atoms with Crippen molar-refractivity contribution in [1.29, 1.82) is 0 Å². The molecule has 1 aliphatic heterocycles. The fraction of sp³-hybridized carbons (Fsp3) is 0.375. The van der Waals surface area contributed by atoms with E-state index in [9.17, 15) is 19.2 Å². The first-order valence-electron chi connectivity index (χ1n) is 7.39. The van der Waals surface area contributed by atoms with Gasteiger partial charge in [0.15, 0.2) is 0 Å². The molecule has 2 fully saturated rings. The molecule has 1 saturated carbocycles. The highest BCUT2D eigenvalue weighted by atomic mass is 16.4. The third-order valence-corrected chi connectivity index (χ3v) is 4.51. The van der Waals surface area contributed by atoms with Crippen molar-refractivity contribution in [2.75, 3.05) is 4.90 Å². The van der Waals surface area contributed by atoms with Crippen molar-refractivity contribution in [3.8, 4) is 0 Å². The largest absolute Gasteiger partial charge is 0.478 e. The van der Waals surface area contributed by atoms with Crippen LogP contribution in [0.15, 0.2) is 18.2 Å². The lowest BCUT2D eigenvalue weighted by molar-refractivity contribution is -0.122.